The molecular formula is C28H25N3O. The fourth-order valence-corrected chi connectivity index (χ4v) is 4.01. The minimum Gasteiger partial charge on any atom is -0.493 e. The van der Waals surface area contributed by atoms with E-state index in [9.17, 15) is 5.11 Å². The Morgan fingerprint density at radius 3 is 1.88 bits per heavy atom. The van der Waals surface area contributed by atoms with Crippen molar-refractivity contribution in [1.82, 2.24) is 14.4 Å². The molecule has 0 bridgehead atoms. The Morgan fingerprint density at radius 1 is 0.688 bits per heavy atom. The molecule has 0 aliphatic heterocycles. The molecule has 0 amide bonds. The molecule has 0 aliphatic rings. The van der Waals surface area contributed by atoms with Gasteiger partial charge in [0, 0.05) is 24.6 Å². The average Bonchev–Trinajstić information content (AvgIpc) is 3.16. The number of fused-ring (bicyclic) bond motifs is 1. The number of hydrogen-bond donors (Lipinski definition) is 1. The van der Waals surface area contributed by atoms with Crippen LogP contribution in [0.2, 0.25) is 0 Å². The molecule has 3 aromatic carbocycles. The van der Waals surface area contributed by atoms with Gasteiger partial charge in [0.05, 0.1) is 11.4 Å². The van der Waals surface area contributed by atoms with Crippen LogP contribution >= 0.6 is 0 Å². The fraction of sp³-hybridized carbons (Fsp3) is 0.143. The first-order chi connectivity index (χ1) is 15.7. The molecule has 0 aliphatic carbocycles. The van der Waals surface area contributed by atoms with Gasteiger partial charge in [0.15, 0.2) is 5.65 Å². The number of aryl methyl sites for hydroxylation is 1. The second kappa shape index (κ2) is 8.67. The van der Waals surface area contributed by atoms with Crippen LogP contribution in [0.5, 0.6) is 5.88 Å². The zero-order chi connectivity index (χ0) is 21.9. The highest BCUT2D eigenvalue weighted by Gasteiger charge is 2.18. The SMILES string of the molecule is CCc1ccc(-c2cn3c(O)c(Cc4ccccc4)nc3c(Cc3ccccc3)n2)cc1. The van der Waals surface area contributed by atoms with Crippen LogP contribution < -0.4 is 0 Å². The smallest absolute Gasteiger partial charge is 0.219 e. The summed E-state index contributed by atoms with van der Waals surface area (Å²) in [6.07, 6.45) is 4.10. The molecule has 0 fully saturated rings. The zero-order valence-corrected chi connectivity index (χ0v) is 18.1. The lowest BCUT2D eigenvalue weighted by Crippen LogP contribution is -2.01. The van der Waals surface area contributed by atoms with Crippen molar-refractivity contribution in [1.29, 1.82) is 0 Å². The van der Waals surface area contributed by atoms with Gasteiger partial charge < -0.3 is 5.11 Å². The Hall–Kier alpha value is -3.92. The van der Waals surface area contributed by atoms with E-state index < -0.39 is 0 Å². The van der Waals surface area contributed by atoms with Crippen LogP contribution in [0.25, 0.3) is 16.9 Å². The highest BCUT2D eigenvalue weighted by atomic mass is 16.3. The summed E-state index contributed by atoms with van der Waals surface area (Å²) in [4.78, 5) is 9.81. The largest absolute Gasteiger partial charge is 0.493 e. The van der Waals surface area contributed by atoms with Crippen molar-refractivity contribution in [3.05, 3.63) is 119 Å². The molecule has 0 saturated carbocycles. The van der Waals surface area contributed by atoms with Crippen molar-refractivity contribution >= 4 is 5.65 Å². The number of rotatable bonds is 6. The minimum atomic E-state index is 0.173. The predicted octanol–water partition coefficient (Wildman–Crippen LogP) is 5.85. The zero-order valence-electron chi connectivity index (χ0n) is 18.1. The first-order valence-electron chi connectivity index (χ1n) is 11.0. The normalized spacial score (nSPS) is 11.2. The summed E-state index contributed by atoms with van der Waals surface area (Å²) < 4.78 is 1.78. The summed E-state index contributed by atoms with van der Waals surface area (Å²) in [5, 5.41) is 11.1. The van der Waals surface area contributed by atoms with Crippen LogP contribution in [0.1, 0.15) is 35.0 Å². The van der Waals surface area contributed by atoms with Gasteiger partial charge in [-0.25, -0.2) is 9.97 Å². The van der Waals surface area contributed by atoms with Crippen molar-refractivity contribution in [3.8, 4) is 17.1 Å². The van der Waals surface area contributed by atoms with Gasteiger partial charge in [0.25, 0.3) is 0 Å². The molecule has 0 radical (unpaired) electrons. The van der Waals surface area contributed by atoms with Crippen LogP contribution in [-0.2, 0) is 19.3 Å². The van der Waals surface area contributed by atoms with Crippen LogP contribution in [0, 0.1) is 0 Å². The van der Waals surface area contributed by atoms with E-state index in [0.717, 1.165) is 34.5 Å². The Bertz CT molecular complexity index is 1340. The molecule has 0 unspecified atom stereocenters. The summed E-state index contributed by atoms with van der Waals surface area (Å²) in [6, 6.07) is 28.8. The Labute approximate surface area is 187 Å². The average molecular weight is 420 g/mol. The molecule has 0 spiro atoms. The lowest BCUT2D eigenvalue weighted by atomic mass is 10.1. The van der Waals surface area contributed by atoms with Crippen molar-refractivity contribution in [2.24, 2.45) is 0 Å². The summed E-state index contributed by atoms with van der Waals surface area (Å²) >= 11 is 0. The second-order valence-electron chi connectivity index (χ2n) is 8.02. The van der Waals surface area contributed by atoms with Gasteiger partial charge in [-0.1, -0.05) is 91.9 Å². The summed E-state index contributed by atoms with van der Waals surface area (Å²) in [5.74, 6) is 0.173. The second-order valence-corrected chi connectivity index (χ2v) is 8.02. The minimum absolute atomic E-state index is 0.173. The first kappa shape index (κ1) is 20.0. The van der Waals surface area contributed by atoms with Crippen molar-refractivity contribution in [2.75, 3.05) is 0 Å². The van der Waals surface area contributed by atoms with Gasteiger partial charge in [0.2, 0.25) is 5.88 Å². The van der Waals surface area contributed by atoms with E-state index >= 15 is 0 Å². The summed E-state index contributed by atoms with van der Waals surface area (Å²) in [5.41, 5.74) is 7.61. The molecule has 2 heterocycles. The van der Waals surface area contributed by atoms with Crippen LogP contribution in [0.4, 0.5) is 0 Å². The highest BCUT2D eigenvalue weighted by Crippen LogP contribution is 2.28. The highest BCUT2D eigenvalue weighted by molar-refractivity contribution is 5.63. The van der Waals surface area contributed by atoms with Gasteiger partial charge in [0.1, 0.15) is 5.69 Å². The summed E-state index contributed by atoms with van der Waals surface area (Å²) in [7, 11) is 0. The molecule has 4 nitrogen and oxygen atoms in total. The van der Waals surface area contributed by atoms with Crippen LogP contribution in [0.15, 0.2) is 91.1 Å². The quantitative estimate of drug-likeness (QED) is 0.376. The van der Waals surface area contributed by atoms with E-state index in [1.807, 2.05) is 54.7 Å². The number of aromatic hydroxyl groups is 1. The van der Waals surface area contributed by atoms with Crippen LogP contribution in [0.3, 0.4) is 0 Å². The molecular weight excluding hydrogens is 394 g/mol. The Balaban J connectivity index is 1.64. The van der Waals surface area contributed by atoms with E-state index in [-0.39, 0.29) is 5.88 Å². The van der Waals surface area contributed by atoms with E-state index in [4.69, 9.17) is 9.97 Å². The monoisotopic (exact) mass is 419 g/mol. The molecule has 4 heteroatoms. The van der Waals surface area contributed by atoms with Gasteiger partial charge >= 0.3 is 0 Å². The van der Waals surface area contributed by atoms with Gasteiger partial charge in [-0.15, -0.1) is 0 Å². The molecule has 1 N–H and O–H groups in total. The lowest BCUT2D eigenvalue weighted by Gasteiger charge is -2.09. The molecule has 158 valence electrons. The molecule has 2 aromatic heterocycles. The first-order valence-corrected chi connectivity index (χ1v) is 11.0. The third kappa shape index (κ3) is 4.00. The van der Waals surface area contributed by atoms with E-state index in [1.54, 1.807) is 4.40 Å². The fourth-order valence-electron chi connectivity index (χ4n) is 4.01. The molecule has 0 atom stereocenters. The summed E-state index contributed by atoms with van der Waals surface area (Å²) in [6.45, 7) is 2.15. The Morgan fingerprint density at radius 2 is 1.28 bits per heavy atom. The van der Waals surface area contributed by atoms with E-state index in [2.05, 4.69) is 43.3 Å². The van der Waals surface area contributed by atoms with E-state index in [0.29, 0.717) is 24.2 Å². The standard InChI is InChI=1S/C28H25N3O/c1-2-20-13-15-23(16-14-20)26-19-31-27(24(29-26)17-21-9-5-3-6-10-21)30-25(28(31)32)18-22-11-7-4-8-12-22/h3-16,19,32H,2,17-18H2,1H3. The number of imidazole rings is 1. The molecule has 5 aromatic rings. The van der Waals surface area contributed by atoms with Gasteiger partial charge in [-0.3, -0.25) is 4.40 Å². The van der Waals surface area contributed by atoms with Gasteiger partial charge in [-0.2, -0.15) is 0 Å². The maximum atomic E-state index is 11.1. The Kier molecular flexibility index (Phi) is 5.42. The molecule has 5 rings (SSSR count). The van der Waals surface area contributed by atoms with E-state index in [1.165, 1.54) is 5.56 Å². The number of nitrogens with zero attached hydrogens (tertiary/aromatic N) is 3. The lowest BCUT2D eigenvalue weighted by molar-refractivity contribution is 0.442. The predicted molar refractivity (Wildman–Crippen MR) is 128 cm³/mol. The number of hydrogen-bond acceptors (Lipinski definition) is 3. The number of benzene rings is 3. The van der Waals surface area contributed by atoms with Crippen LogP contribution in [-0.4, -0.2) is 19.5 Å². The van der Waals surface area contributed by atoms with Gasteiger partial charge in [-0.05, 0) is 23.1 Å². The maximum absolute atomic E-state index is 11.1. The maximum Gasteiger partial charge on any atom is 0.219 e. The van der Waals surface area contributed by atoms with Crippen molar-refractivity contribution in [2.45, 2.75) is 26.2 Å². The third-order valence-electron chi connectivity index (χ3n) is 5.81. The molecule has 32 heavy (non-hydrogen) atoms. The topological polar surface area (TPSA) is 50.4 Å². The number of aromatic nitrogens is 3. The third-order valence-corrected chi connectivity index (χ3v) is 5.81. The molecule has 0 saturated heterocycles. The van der Waals surface area contributed by atoms with Crippen molar-refractivity contribution < 1.29 is 5.11 Å². The van der Waals surface area contributed by atoms with Crippen molar-refractivity contribution in [3.63, 3.8) is 0 Å².